The van der Waals surface area contributed by atoms with Crippen LogP contribution in [-0.4, -0.2) is 55.7 Å². The van der Waals surface area contributed by atoms with Crippen molar-refractivity contribution in [1.29, 1.82) is 0 Å². The first kappa shape index (κ1) is 26.0. The molecule has 2 N–H and O–H groups in total. The van der Waals surface area contributed by atoms with Gasteiger partial charge < -0.3 is 14.2 Å². The zero-order valence-electron chi connectivity index (χ0n) is 17.4. The van der Waals surface area contributed by atoms with E-state index in [-0.39, 0.29) is 43.4 Å². The summed E-state index contributed by atoms with van der Waals surface area (Å²) < 4.78 is 41.0. The van der Waals surface area contributed by atoms with Gasteiger partial charge in [-0.3, -0.25) is 15.0 Å². The quantitative estimate of drug-likeness (QED) is 0.298. The van der Waals surface area contributed by atoms with E-state index in [1.54, 1.807) is 24.5 Å². The number of sulfone groups is 1. The molecule has 1 aromatic heterocycles. The van der Waals surface area contributed by atoms with Gasteiger partial charge in [0.15, 0.2) is 14.6 Å². The molecule has 0 spiro atoms. The number of carbonyl (C=O) groups is 1. The zero-order chi connectivity index (χ0) is 22.2. The molecule has 1 fully saturated rings. The molecule has 0 atom stereocenters. The van der Waals surface area contributed by atoms with Crippen molar-refractivity contribution in [2.75, 3.05) is 26.4 Å². The largest absolute Gasteiger partial charge is 0.494 e. The van der Waals surface area contributed by atoms with Crippen molar-refractivity contribution in [3.63, 3.8) is 0 Å². The number of nitrogens with one attached hydrogen (secondary N) is 1. The summed E-state index contributed by atoms with van der Waals surface area (Å²) in [4.78, 5) is 16.3. The van der Waals surface area contributed by atoms with Crippen molar-refractivity contribution >= 4 is 28.2 Å². The number of hydroxylamine groups is 1. The van der Waals surface area contributed by atoms with Crippen LogP contribution in [0.25, 0.3) is 0 Å². The van der Waals surface area contributed by atoms with Crippen LogP contribution in [0.3, 0.4) is 0 Å². The van der Waals surface area contributed by atoms with E-state index in [4.69, 9.17) is 19.4 Å². The maximum atomic E-state index is 13.2. The molecule has 11 heteroatoms. The molecule has 9 nitrogen and oxygen atoms in total. The minimum absolute atomic E-state index is 0. The number of hydrogen-bond donors (Lipinski definition) is 2. The fourth-order valence-electron chi connectivity index (χ4n) is 3.39. The fourth-order valence-corrected chi connectivity index (χ4v) is 5.33. The monoisotopic (exact) mass is 486 g/mol. The standard InChI is InChI=1S/C21H26N2O7S.ClH/c24-20(23-25)21(8-13-28-14-9-21)31(26,27)19-6-4-18(5-7-19)30-12-2-11-29-16-17-3-1-10-22-15-17;/h1,3-7,10,15,25H,2,8-9,11-14,16H2,(H,23,24);1H. The highest BCUT2D eigenvalue weighted by Crippen LogP contribution is 2.35. The van der Waals surface area contributed by atoms with Gasteiger partial charge >= 0.3 is 0 Å². The highest BCUT2D eigenvalue weighted by Gasteiger charge is 2.52. The predicted molar refractivity (Wildman–Crippen MR) is 118 cm³/mol. The van der Waals surface area contributed by atoms with Gasteiger partial charge in [0, 0.05) is 32.0 Å². The summed E-state index contributed by atoms with van der Waals surface area (Å²) in [6, 6.07) is 9.71. The number of amides is 1. The highest BCUT2D eigenvalue weighted by atomic mass is 35.5. The lowest BCUT2D eigenvalue weighted by Crippen LogP contribution is -2.54. The Balaban J connectivity index is 0.00000363. The molecule has 0 unspecified atom stereocenters. The molecule has 0 bridgehead atoms. The van der Waals surface area contributed by atoms with Crippen LogP contribution in [0.1, 0.15) is 24.8 Å². The Morgan fingerprint density at radius 2 is 1.88 bits per heavy atom. The molecule has 2 aromatic rings. The number of carbonyl (C=O) groups excluding carboxylic acids is 1. The van der Waals surface area contributed by atoms with Gasteiger partial charge in [-0.25, -0.2) is 13.9 Å². The molecule has 0 radical (unpaired) electrons. The van der Waals surface area contributed by atoms with Gasteiger partial charge in [0.25, 0.3) is 5.91 Å². The molecule has 1 aromatic carbocycles. The van der Waals surface area contributed by atoms with Crippen LogP contribution in [0.5, 0.6) is 5.75 Å². The summed E-state index contributed by atoms with van der Waals surface area (Å²) in [6.07, 6.45) is 4.07. The molecule has 1 aliphatic heterocycles. The highest BCUT2D eigenvalue weighted by molar-refractivity contribution is 7.93. The number of pyridine rings is 1. The first-order valence-electron chi connectivity index (χ1n) is 9.96. The normalized spacial score (nSPS) is 15.4. The number of rotatable bonds is 10. The molecule has 1 aliphatic rings. The third kappa shape index (κ3) is 5.96. The van der Waals surface area contributed by atoms with Crippen molar-refractivity contribution in [3.05, 3.63) is 54.4 Å². The lowest BCUT2D eigenvalue weighted by molar-refractivity contribution is -0.134. The summed E-state index contributed by atoms with van der Waals surface area (Å²) in [7, 11) is -4.04. The first-order valence-corrected chi connectivity index (χ1v) is 11.4. The number of nitrogens with zero attached hydrogens (tertiary/aromatic N) is 1. The molecule has 2 heterocycles. The van der Waals surface area contributed by atoms with Crippen LogP contribution in [-0.2, 0) is 30.7 Å². The van der Waals surface area contributed by atoms with Gasteiger partial charge in [-0.1, -0.05) is 6.07 Å². The van der Waals surface area contributed by atoms with Crippen LogP contribution in [0, 0.1) is 0 Å². The van der Waals surface area contributed by atoms with E-state index in [0.717, 1.165) is 5.56 Å². The van der Waals surface area contributed by atoms with Gasteiger partial charge in [-0.05, 0) is 48.7 Å². The Bertz CT molecular complexity index is 950. The number of hydrogen-bond acceptors (Lipinski definition) is 8. The molecular weight excluding hydrogens is 460 g/mol. The molecule has 176 valence electrons. The van der Waals surface area contributed by atoms with E-state index in [1.807, 2.05) is 12.1 Å². The van der Waals surface area contributed by atoms with Crippen molar-refractivity contribution in [2.45, 2.75) is 35.5 Å². The van der Waals surface area contributed by atoms with Crippen molar-refractivity contribution < 1.29 is 32.6 Å². The van der Waals surface area contributed by atoms with Crippen LogP contribution < -0.4 is 10.2 Å². The molecule has 3 rings (SSSR count). The number of benzene rings is 1. The number of ether oxygens (including phenoxy) is 3. The molecular formula is C21H27ClN2O7S. The van der Waals surface area contributed by atoms with E-state index in [1.165, 1.54) is 17.6 Å². The smallest absolute Gasteiger partial charge is 0.265 e. The molecule has 32 heavy (non-hydrogen) atoms. The maximum Gasteiger partial charge on any atom is 0.265 e. The Labute approximate surface area is 193 Å². The van der Waals surface area contributed by atoms with E-state index in [2.05, 4.69) is 4.98 Å². The second-order valence-electron chi connectivity index (χ2n) is 7.14. The van der Waals surface area contributed by atoms with E-state index < -0.39 is 20.5 Å². The van der Waals surface area contributed by atoms with Crippen LogP contribution >= 0.6 is 12.4 Å². The average Bonchev–Trinajstić information content (AvgIpc) is 2.82. The second kappa shape index (κ2) is 12.1. The minimum Gasteiger partial charge on any atom is -0.494 e. The molecule has 1 amide bonds. The van der Waals surface area contributed by atoms with Crippen molar-refractivity contribution in [3.8, 4) is 5.75 Å². The fraction of sp³-hybridized carbons (Fsp3) is 0.429. The molecule has 0 aliphatic carbocycles. The van der Waals surface area contributed by atoms with Gasteiger partial charge in [0.2, 0.25) is 0 Å². The Kier molecular flexibility index (Phi) is 9.85. The third-order valence-electron chi connectivity index (χ3n) is 5.16. The van der Waals surface area contributed by atoms with Crippen LogP contribution in [0.4, 0.5) is 0 Å². The van der Waals surface area contributed by atoms with E-state index in [0.29, 0.717) is 32.0 Å². The summed E-state index contributed by atoms with van der Waals surface area (Å²) >= 11 is 0. The van der Waals surface area contributed by atoms with E-state index >= 15 is 0 Å². The molecule has 1 saturated heterocycles. The first-order chi connectivity index (χ1) is 15.0. The van der Waals surface area contributed by atoms with Crippen molar-refractivity contribution in [2.24, 2.45) is 0 Å². The second-order valence-corrected chi connectivity index (χ2v) is 9.40. The maximum absolute atomic E-state index is 13.2. The number of aromatic nitrogens is 1. The Morgan fingerprint density at radius 1 is 1.16 bits per heavy atom. The Hall–Kier alpha value is -2.24. The number of halogens is 1. The summed E-state index contributed by atoms with van der Waals surface area (Å²) in [5.74, 6) is -0.429. The average molecular weight is 487 g/mol. The molecule has 0 saturated carbocycles. The van der Waals surface area contributed by atoms with Crippen LogP contribution in [0.2, 0.25) is 0 Å². The van der Waals surface area contributed by atoms with E-state index in [9.17, 15) is 13.2 Å². The van der Waals surface area contributed by atoms with Gasteiger partial charge in [-0.2, -0.15) is 0 Å². The Morgan fingerprint density at radius 3 is 2.50 bits per heavy atom. The summed E-state index contributed by atoms with van der Waals surface area (Å²) in [5.41, 5.74) is 2.50. The minimum atomic E-state index is -4.04. The summed E-state index contributed by atoms with van der Waals surface area (Å²) in [5, 5.41) is 9.09. The van der Waals surface area contributed by atoms with Crippen molar-refractivity contribution in [1.82, 2.24) is 10.5 Å². The SMILES string of the molecule is Cl.O=C(NO)C1(S(=O)(=O)c2ccc(OCCCOCc3cccnc3)cc2)CCOCC1. The predicted octanol–water partition coefficient (Wildman–Crippen LogP) is 2.32. The van der Waals surface area contributed by atoms with Gasteiger partial charge in [0.1, 0.15) is 5.75 Å². The van der Waals surface area contributed by atoms with Gasteiger partial charge in [-0.15, -0.1) is 12.4 Å². The van der Waals surface area contributed by atoms with Crippen LogP contribution in [0.15, 0.2) is 53.7 Å². The third-order valence-corrected chi connectivity index (χ3v) is 7.67. The lowest BCUT2D eigenvalue weighted by Gasteiger charge is -2.34. The topological polar surface area (TPSA) is 124 Å². The van der Waals surface area contributed by atoms with Gasteiger partial charge in [0.05, 0.1) is 24.7 Å². The summed E-state index contributed by atoms with van der Waals surface area (Å²) in [6.45, 7) is 1.65. The lowest BCUT2D eigenvalue weighted by atomic mass is 9.98. The zero-order valence-corrected chi connectivity index (χ0v) is 19.1.